The quantitative estimate of drug-likeness (QED) is 0.449. The highest BCUT2D eigenvalue weighted by molar-refractivity contribution is 5.99. The molecule has 198 valence electrons. The van der Waals surface area contributed by atoms with Gasteiger partial charge in [-0.15, -0.1) is 13.2 Å². The lowest BCUT2D eigenvalue weighted by Crippen LogP contribution is -2.47. The van der Waals surface area contributed by atoms with Crippen molar-refractivity contribution in [3.05, 3.63) is 47.4 Å². The third-order valence-electron chi connectivity index (χ3n) is 6.79. The normalized spacial score (nSPS) is 20.8. The Bertz CT molecular complexity index is 1300. The minimum atomic E-state index is -4.83. The molecule has 1 amide bonds. The molecule has 9 nitrogen and oxygen atoms in total. The molecule has 4 N–H and O–H groups in total. The Morgan fingerprint density at radius 3 is 2.68 bits per heavy atom. The molecule has 1 aromatic carbocycles. The summed E-state index contributed by atoms with van der Waals surface area (Å²) >= 11 is 0. The molecule has 1 atom stereocenters. The van der Waals surface area contributed by atoms with E-state index < -0.39 is 12.1 Å². The first-order chi connectivity index (χ1) is 17.5. The van der Waals surface area contributed by atoms with Crippen LogP contribution in [0.5, 0.6) is 5.75 Å². The zero-order valence-electron chi connectivity index (χ0n) is 20.6. The molecular weight excluding hydrogens is 489 g/mol. The maximum Gasteiger partial charge on any atom is 0.573 e. The zero-order valence-corrected chi connectivity index (χ0v) is 20.6. The number of aromatic nitrogens is 3. The molecule has 0 saturated carbocycles. The van der Waals surface area contributed by atoms with Crippen LogP contribution >= 0.6 is 0 Å². The highest BCUT2D eigenvalue weighted by Crippen LogP contribution is 2.34. The lowest BCUT2D eigenvalue weighted by molar-refractivity contribution is -0.274. The van der Waals surface area contributed by atoms with E-state index in [1.54, 1.807) is 11.1 Å². The van der Waals surface area contributed by atoms with Gasteiger partial charge in [-0.25, -0.2) is 9.97 Å². The minimum Gasteiger partial charge on any atom is -0.406 e. The molecule has 0 bridgehead atoms. The van der Waals surface area contributed by atoms with Crippen molar-refractivity contribution in [3.8, 4) is 5.75 Å². The van der Waals surface area contributed by atoms with Gasteiger partial charge >= 0.3 is 6.36 Å². The Morgan fingerprint density at radius 1 is 1.24 bits per heavy atom. The van der Waals surface area contributed by atoms with E-state index in [1.807, 2.05) is 19.9 Å². The van der Waals surface area contributed by atoms with E-state index in [9.17, 15) is 18.0 Å². The van der Waals surface area contributed by atoms with Gasteiger partial charge in [-0.2, -0.15) is 0 Å². The summed E-state index contributed by atoms with van der Waals surface area (Å²) < 4.78 is 47.5. The number of fused-ring (bicyclic) bond motifs is 1. The molecule has 0 spiro atoms. The number of carbonyl (C=O) groups is 1. The lowest BCUT2D eigenvalue weighted by Gasteiger charge is -2.35. The Balaban J connectivity index is 1.28. The van der Waals surface area contributed by atoms with Gasteiger partial charge in [-0.1, -0.05) is 0 Å². The molecule has 12 heteroatoms. The summed E-state index contributed by atoms with van der Waals surface area (Å²) in [4.78, 5) is 27.3. The molecule has 4 heterocycles. The SMILES string of the molecule is CC1(C)CNCC(c2nc3c(C4CCN(C(=O)c5ccc(OC(F)(F)F)cc5N)CC4)ccnc3[nH]2)O1. The lowest BCUT2D eigenvalue weighted by atomic mass is 9.89. The van der Waals surface area contributed by atoms with E-state index in [1.165, 1.54) is 6.07 Å². The number of hydrogen-bond donors (Lipinski definition) is 3. The number of morpholine rings is 1. The number of ether oxygens (including phenoxy) is 2. The first-order valence-corrected chi connectivity index (χ1v) is 12.2. The number of nitrogen functional groups attached to an aromatic ring is 1. The number of likely N-dealkylation sites (tertiary alicyclic amines) is 1. The number of benzene rings is 1. The fraction of sp³-hybridized carbons (Fsp3) is 0.480. The summed E-state index contributed by atoms with van der Waals surface area (Å²) in [6, 6.07) is 5.35. The topological polar surface area (TPSA) is 118 Å². The van der Waals surface area contributed by atoms with Gasteiger partial charge in [0.05, 0.1) is 11.2 Å². The van der Waals surface area contributed by atoms with Crippen LogP contribution in [0.2, 0.25) is 0 Å². The first-order valence-electron chi connectivity index (χ1n) is 12.2. The standard InChI is InChI=1S/C25H29F3N6O3/c1-24(2)13-30-12-19(37-24)21-32-20-16(5-8-31-22(20)33-21)14-6-9-34(10-7-14)23(35)17-4-3-15(11-18(17)29)36-25(26,27)28/h3-5,8,11,14,19,30H,6-7,9-10,12-13,29H2,1-2H3,(H,31,32,33). The second kappa shape index (κ2) is 9.49. The number of nitrogens with zero attached hydrogens (tertiary/aromatic N) is 3. The van der Waals surface area contributed by atoms with Crippen LogP contribution in [0.25, 0.3) is 11.2 Å². The molecule has 2 fully saturated rings. The second-order valence-corrected chi connectivity index (χ2v) is 10.1. The van der Waals surface area contributed by atoms with Crippen molar-refractivity contribution < 1.29 is 27.4 Å². The zero-order chi connectivity index (χ0) is 26.4. The van der Waals surface area contributed by atoms with E-state index in [4.69, 9.17) is 15.5 Å². The van der Waals surface area contributed by atoms with Crippen LogP contribution in [0, 0.1) is 0 Å². The Hall–Kier alpha value is -3.38. The van der Waals surface area contributed by atoms with Crippen molar-refractivity contribution in [1.82, 2.24) is 25.2 Å². The van der Waals surface area contributed by atoms with Crippen LogP contribution in [0.1, 0.15) is 60.5 Å². The predicted molar refractivity (Wildman–Crippen MR) is 130 cm³/mol. The van der Waals surface area contributed by atoms with Gasteiger partial charge in [0.1, 0.15) is 23.2 Å². The molecule has 2 aliphatic heterocycles. The summed E-state index contributed by atoms with van der Waals surface area (Å²) in [7, 11) is 0. The van der Waals surface area contributed by atoms with Gasteiger partial charge in [0.15, 0.2) is 5.65 Å². The number of hydrogen-bond acceptors (Lipinski definition) is 7. The number of amides is 1. The number of piperidine rings is 1. The molecule has 3 aromatic rings. The minimum absolute atomic E-state index is 0.0589. The molecule has 2 saturated heterocycles. The maximum absolute atomic E-state index is 13.0. The van der Waals surface area contributed by atoms with Gasteiger partial charge in [0.2, 0.25) is 0 Å². The van der Waals surface area contributed by atoms with Gasteiger partial charge in [0.25, 0.3) is 5.91 Å². The van der Waals surface area contributed by atoms with Gasteiger partial charge < -0.3 is 30.4 Å². The number of nitrogens with one attached hydrogen (secondary N) is 2. The van der Waals surface area contributed by atoms with E-state index in [2.05, 4.69) is 20.0 Å². The summed E-state index contributed by atoms with van der Waals surface area (Å²) in [5.74, 6) is 0.128. The monoisotopic (exact) mass is 518 g/mol. The van der Waals surface area contributed by atoms with Crippen molar-refractivity contribution in [2.45, 2.75) is 50.7 Å². The molecule has 0 radical (unpaired) electrons. The Morgan fingerprint density at radius 2 is 2.00 bits per heavy atom. The highest BCUT2D eigenvalue weighted by atomic mass is 19.4. The van der Waals surface area contributed by atoms with E-state index in [0.717, 1.165) is 35.6 Å². The average Bonchev–Trinajstić information content (AvgIpc) is 3.27. The molecule has 2 aliphatic rings. The smallest absolute Gasteiger partial charge is 0.406 e. The van der Waals surface area contributed by atoms with Crippen molar-refractivity contribution in [2.75, 3.05) is 31.9 Å². The van der Waals surface area contributed by atoms with Crippen LogP contribution < -0.4 is 15.8 Å². The number of halogens is 3. The summed E-state index contributed by atoms with van der Waals surface area (Å²) in [5.41, 5.74) is 8.25. The molecule has 0 aliphatic carbocycles. The van der Waals surface area contributed by atoms with Gasteiger partial charge in [0, 0.05) is 44.1 Å². The third kappa shape index (κ3) is 5.49. The van der Waals surface area contributed by atoms with Crippen LogP contribution in [0.3, 0.4) is 0 Å². The molecular formula is C25H29F3N6O3. The molecule has 37 heavy (non-hydrogen) atoms. The Labute approximate surface area is 211 Å². The first kappa shape index (κ1) is 25.3. The summed E-state index contributed by atoms with van der Waals surface area (Å²) in [6.07, 6.45) is -1.87. The van der Waals surface area contributed by atoms with Crippen molar-refractivity contribution in [3.63, 3.8) is 0 Å². The Kier molecular flexibility index (Phi) is 6.48. The van der Waals surface area contributed by atoms with Crippen LogP contribution in [0.15, 0.2) is 30.5 Å². The van der Waals surface area contributed by atoms with Crippen LogP contribution in [-0.4, -0.2) is 63.9 Å². The molecule has 1 unspecified atom stereocenters. The van der Waals surface area contributed by atoms with Crippen molar-refractivity contribution >= 4 is 22.8 Å². The number of H-pyrrole nitrogens is 1. The number of nitrogens with two attached hydrogens (primary N) is 1. The summed E-state index contributed by atoms with van der Waals surface area (Å²) in [5, 5.41) is 3.38. The van der Waals surface area contributed by atoms with E-state index in [0.29, 0.717) is 38.1 Å². The van der Waals surface area contributed by atoms with Gasteiger partial charge in [-0.05, 0) is 56.4 Å². The van der Waals surface area contributed by atoms with E-state index in [-0.39, 0.29) is 34.8 Å². The number of aromatic amines is 1. The van der Waals surface area contributed by atoms with Crippen LogP contribution in [-0.2, 0) is 4.74 Å². The maximum atomic E-state index is 13.0. The molecule has 2 aromatic heterocycles. The summed E-state index contributed by atoms with van der Waals surface area (Å²) in [6.45, 7) is 6.45. The number of pyridine rings is 1. The second-order valence-electron chi connectivity index (χ2n) is 10.1. The fourth-order valence-corrected chi connectivity index (χ4v) is 5.05. The fourth-order valence-electron chi connectivity index (χ4n) is 5.05. The third-order valence-corrected chi connectivity index (χ3v) is 6.79. The largest absolute Gasteiger partial charge is 0.573 e. The highest BCUT2D eigenvalue weighted by Gasteiger charge is 2.33. The van der Waals surface area contributed by atoms with Crippen molar-refractivity contribution in [2.24, 2.45) is 0 Å². The number of anilines is 1. The average molecular weight is 519 g/mol. The number of carbonyl (C=O) groups excluding carboxylic acids is 1. The van der Waals surface area contributed by atoms with E-state index >= 15 is 0 Å². The predicted octanol–water partition coefficient (Wildman–Crippen LogP) is 3.90. The molecule has 5 rings (SSSR count). The number of alkyl halides is 3. The number of rotatable bonds is 4. The van der Waals surface area contributed by atoms with Crippen molar-refractivity contribution in [1.29, 1.82) is 0 Å². The van der Waals surface area contributed by atoms with Crippen LogP contribution in [0.4, 0.5) is 18.9 Å². The van der Waals surface area contributed by atoms with Gasteiger partial charge in [-0.3, -0.25) is 4.79 Å². The number of imidazole rings is 1.